The Labute approximate surface area is 551 Å². The smallest absolute Gasteiger partial charge is 0.446 e. The number of allylic oxidation sites excluding steroid dienone is 6. The summed E-state index contributed by atoms with van der Waals surface area (Å²) in [5, 5.41) is 63.3. The van der Waals surface area contributed by atoms with Gasteiger partial charge in [-0.3, -0.25) is 24.4 Å². The van der Waals surface area contributed by atoms with Gasteiger partial charge in [-0.1, -0.05) is 167 Å². The van der Waals surface area contributed by atoms with E-state index in [1.54, 1.807) is 26.0 Å². The quantitative estimate of drug-likeness (QED) is 0.0126. The number of hydrogen-bond acceptors (Lipinski definition) is 11. The van der Waals surface area contributed by atoms with Gasteiger partial charge in [0.1, 0.15) is 8.07 Å². The van der Waals surface area contributed by atoms with Crippen molar-refractivity contribution in [3.05, 3.63) is 249 Å². The SMILES string of the molecule is C=C(C)C(=O)CCCCN(Cc1ccccc1B(O)O)Cc1c2ccccc2c(CN(CCCNC(=O)C(=C)C)Cc2ccccc2B(O)O)c2ccc(-c3ccc(C)c(C4=C5C=CC(=NC)C=C5[Si](C)(C)c5cc(N(C)Cc6ccccc6B(C)O)ccc54)c3)cc12. The van der Waals surface area contributed by atoms with Crippen LogP contribution in [0.4, 0.5) is 5.69 Å². The number of anilines is 1. The molecule has 6 N–H and O–H groups in total. The fourth-order valence-corrected chi connectivity index (χ4v) is 16.6. The molecule has 0 saturated heterocycles. The van der Waals surface area contributed by atoms with Crippen LogP contribution in [0.5, 0.6) is 0 Å². The van der Waals surface area contributed by atoms with Gasteiger partial charge in [0.15, 0.2) is 5.78 Å². The molecule has 12 nitrogen and oxygen atoms in total. The predicted octanol–water partition coefficient (Wildman–Crippen LogP) is 10.0. The molecule has 1 amide bonds. The van der Waals surface area contributed by atoms with E-state index in [4.69, 9.17) is 4.99 Å². The molecule has 8 aromatic rings. The zero-order valence-corrected chi connectivity index (χ0v) is 56.1. The second-order valence-electron chi connectivity index (χ2n) is 25.8. The highest BCUT2D eigenvalue weighted by atomic mass is 28.3. The molecule has 1 aliphatic heterocycles. The van der Waals surface area contributed by atoms with Crippen LogP contribution in [0.15, 0.2) is 210 Å². The summed E-state index contributed by atoms with van der Waals surface area (Å²) in [6, 6.07) is 52.2. The van der Waals surface area contributed by atoms with Crippen LogP contribution in [0.2, 0.25) is 19.9 Å². The number of amides is 1. The molecular formula is C77H86B3N5O7Si. The Morgan fingerprint density at radius 1 is 0.591 bits per heavy atom. The van der Waals surface area contributed by atoms with E-state index in [0.717, 1.165) is 94.9 Å². The molecule has 0 radical (unpaired) electrons. The first kappa shape index (κ1) is 67.6. The van der Waals surface area contributed by atoms with Crippen LogP contribution in [0.25, 0.3) is 38.2 Å². The summed E-state index contributed by atoms with van der Waals surface area (Å²) in [6.07, 6.45) is 9.10. The van der Waals surface area contributed by atoms with Crippen molar-refractivity contribution in [2.45, 2.75) is 99.1 Å². The van der Waals surface area contributed by atoms with Crippen LogP contribution in [-0.2, 0) is 42.3 Å². The number of Topliss-reactive ketones (excluding diaryl/α,β-unsaturated/α-hetero) is 1. The van der Waals surface area contributed by atoms with Crippen molar-refractivity contribution in [1.82, 2.24) is 15.1 Å². The van der Waals surface area contributed by atoms with Crippen molar-refractivity contribution in [2.24, 2.45) is 4.99 Å². The zero-order valence-electron chi connectivity index (χ0n) is 55.1. The number of hydrogen-bond donors (Lipinski definition) is 6. The minimum Gasteiger partial charge on any atom is -0.446 e. The molecule has 16 heteroatoms. The van der Waals surface area contributed by atoms with Gasteiger partial charge in [-0.15, -0.1) is 0 Å². The monoisotopic (exact) mass is 1250 g/mol. The molecule has 0 spiro atoms. The molecule has 2 aliphatic rings. The summed E-state index contributed by atoms with van der Waals surface area (Å²) in [4.78, 5) is 37.3. The Balaban J connectivity index is 1.14. The van der Waals surface area contributed by atoms with Gasteiger partial charge in [-0.05, 0) is 204 Å². The van der Waals surface area contributed by atoms with Crippen LogP contribution in [-0.4, -0.2) is 115 Å². The third-order valence-corrected chi connectivity index (χ3v) is 22.3. The van der Waals surface area contributed by atoms with Gasteiger partial charge in [-0.2, -0.15) is 0 Å². The maximum Gasteiger partial charge on any atom is 0.488 e. The van der Waals surface area contributed by atoms with Crippen LogP contribution >= 0.6 is 0 Å². The predicted molar refractivity (Wildman–Crippen MR) is 391 cm³/mol. The Morgan fingerprint density at radius 2 is 1.14 bits per heavy atom. The number of carbonyl (C=O) groups is 2. The van der Waals surface area contributed by atoms with Gasteiger partial charge in [0.25, 0.3) is 0 Å². The zero-order chi connectivity index (χ0) is 66.3. The molecule has 93 heavy (non-hydrogen) atoms. The Bertz CT molecular complexity index is 4310. The highest BCUT2D eigenvalue weighted by Crippen LogP contribution is 2.45. The standard InChI is InChI=1S/C77H86B3N5O7Si/c1-51(2)73(86)30-19-20-40-84(47-57-23-12-17-28-71(57)79(89)90)50-69-62-26-15-14-25-61(62)68(49-85(41-21-39-82-77(87)52(3)4)48-58-24-13-18-29-72(58)80(91)92)63-36-33-55(43-67(63)69)54-32-31-53(5)66(42-54)76-64-37-34-59(81-7)44-74(64)93(9,10)75-45-60(35-38-65(75)76)83(8)46-56-22-11-16-27-70(56)78(6)88/h11-18,22-29,31-38,42-45,88-92H,1,3,19-21,30,39-41,46-50H2,2,4-10H3,(H,82,87). The first-order valence-corrected chi connectivity index (χ1v) is 35.4. The maximum atomic E-state index is 12.9. The van der Waals surface area contributed by atoms with E-state index in [1.165, 1.54) is 27.1 Å². The summed E-state index contributed by atoms with van der Waals surface area (Å²) in [5.41, 5.74) is 17.7. The third-order valence-electron chi connectivity index (χ3n) is 18.7. The highest BCUT2D eigenvalue weighted by Gasteiger charge is 2.40. The van der Waals surface area contributed by atoms with Crippen molar-refractivity contribution in [3.8, 4) is 11.1 Å². The van der Waals surface area contributed by atoms with Gasteiger partial charge in [0.2, 0.25) is 5.91 Å². The van der Waals surface area contributed by atoms with E-state index >= 15 is 0 Å². The lowest BCUT2D eigenvalue weighted by Gasteiger charge is -2.39. The lowest BCUT2D eigenvalue weighted by atomic mass is 9.62. The summed E-state index contributed by atoms with van der Waals surface area (Å²) in [6.45, 7) is 23.6. The minimum atomic E-state index is -2.38. The van der Waals surface area contributed by atoms with Crippen molar-refractivity contribution in [2.75, 3.05) is 38.6 Å². The topological polar surface area (TPSA) is 169 Å². The lowest BCUT2D eigenvalue weighted by Crippen LogP contribution is -2.49. The van der Waals surface area contributed by atoms with E-state index in [9.17, 15) is 34.7 Å². The van der Waals surface area contributed by atoms with E-state index in [-0.39, 0.29) is 11.7 Å². The number of aryl methyl sites for hydroxylation is 1. The number of nitrogens with one attached hydrogen (secondary N) is 1. The molecular weight excluding hydrogens is 1170 g/mol. The average Bonchev–Trinajstić information content (AvgIpc) is 0.727. The van der Waals surface area contributed by atoms with Crippen molar-refractivity contribution in [1.29, 1.82) is 0 Å². The molecule has 1 heterocycles. The number of rotatable bonds is 27. The summed E-state index contributed by atoms with van der Waals surface area (Å²) in [5.74, 6) is -0.154. The molecule has 8 aromatic carbocycles. The normalized spacial score (nSPS) is 13.8. The maximum absolute atomic E-state index is 12.9. The molecule has 0 fully saturated rings. The Morgan fingerprint density at radius 3 is 1.73 bits per heavy atom. The Kier molecular flexibility index (Phi) is 21.6. The van der Waals surface area contributed by atoms with E-state index in [2.05, 4.69) is 163 Å². The second-order valence-corrected chi connectivity index (χ2v) is 30.2. The van der Waals surface area contributed by atoms with Crippen LogP contribution in [0.1, 0.15) is 84.0 Å². The fourth-order valence-electron chi connectivity index (χ4n) is 13.6. The van der Waals surface area contributed by atoms with Crippen LogP contribution in [0, 0.1) is 6.92 Å². The summed E-state index contributed by atoms with van der Waals surface area (Å²) < 4.78 is 0. The molecule has 474 valence electrons. The van der Waals surface area contributed by atoms with E-state index in [0.29, 0.717) is 93.7 Å². The van der Waals surface area contributed by atoms with Gasteiger partial charge in [0, 0.05) is 77.6 Å². The molecule has 0 aromatic heterocycles. The molecule has 0 atom stereocenters. The fraction of sp³-hybridized carbons (Fsp3) is 0.260. The van der Waals surface area contributed by atoms with Crippen molar-refractivity contribution >= 4 is 101 Å². The molecule has 0 bridgehead atoms. The van der Waals surface area contributed by atoms with Gasteiger partial charge < -0.3 is 35.3 Å². The van der Waals surface area contributed by atoms with Crippen molar-refractivity contribution in [3.63, 3.8) is 0 Å². The van der Waals surface area contributed by atoms with E-state index in [1.807, 2.05) is 68.5 Å². The van der Waals surface area contributed by atoms with Gasteiger partial charge >= 0.3 is 21.2 Å². The molecule has 10 rings (SSSR count). The molecule has 1 aliphatic carbocycles. The van der Waals surface area contributed by atoms with Crippen LogP contribution in [0.3, 0.4) is 0 Å². The molecule has 0 unspecified atom stereocenters. The number of nitrogens with zero attached hydrogens (tertiary/aromatic N) is 4. The van der Waals surface area contributed by atoms with Crippen molar-refractivity contribution < 1.29 is 34.7 Å². The number of carbonyl (C=O) groups excluding carboxylic acids is 2. The number of aliphatic imine (C=N–C) groups is 1. The van der Waals surface area contributed by atoms with Crippen LogP contribution < -0.4 is 31.8 Å². The first-order valence-electron chi connectivity index (χ1n) is 32.4. The number of unbranched alkanes of at least 4 members (excludes halogenated alkanes) is 1. The Hall–Kier alpha value is -8.28. The first-order chi connectivity index (χ1) is 44.6. The summed E-state index contributed by atoms with van der Waals surface area (Å²) in [7, 11) is -1.73. The van der Waals surface area contributed by atoms with E-state index < -0.39 is 29.2 Å². The second kappa shape index (κ2) is 29.8. The minimum absolute atomic E-state index is 0.0451. The average molecular weight is 1250 g/mol. The van der Waals surface area contributed by atoms with Gasteiger partial charge in [0.05, 0.1) is 5.71 Å². The third kappa shape index (κ3) is 15.2. The number of fused-ring (bicyclic) bond motifs is 4. The van der Waals surface area contributed by atoms with Gasteiger partial charge in [-0.25, -0.2) is 0 Å². The largest absolute Gasteiger partial charge is 0.488 e. The number of ketones is 1. The molecule has 0 saturated carbocycles. The summed E-state index contributed by atoms with van der Waals surface area (Å²) >= 11 is 0. The highest BCUT2D eigenvalue weighted by molar-refractivity contribution is 6.98. The number of benzene rings is 8. The lowest BCUT2D eigenvalue weighted by molar-refractivity contribution is -0.117.